The maximum absolute atomic E-state index is 6.01. The summed E-state index contributed by atoms with van der Waals surface area (Å²) in [6.07, 6.45) is 4.07. The van der Waals surface area contributed by atoms with Crippen molar-refractivity contribution in [3.8, 4) is 0 Å². The first-order chi connectivity index (χ1) is 8.76. The van der Waals surface area contributed by atoms with E-state index in [9.17, 15) is 0 Å². The topological polar surface area (TPSA) is 17.8 Å². The van der Waals surface area contributed by atoms with E-state index in [4.69, 9.17) is 23.2 Å². The Labute approximate surface area is 122 Å². The summed E-state index contributed by atoms with van der Waals surface area (Å²) in [7, 11) is 0. The van der Waals surface area contributed by atoms with Gasteiger partial charge < -0.3 is 4.57 Å². The normalized spacial score (nSPS) is 11.3. The molecule has 5 heteroatoms. The Bertz CT molecular complexity index is 525. The van der Waals surface area contributed by atoms with Crippen LogP contribution < -0.4 is 0 Å². The van der Waals surface area contributed by atoms with E-state index in [-0.39, 0.29) is 0 Å². The molecule has 0 amide bonds. The summed E-state index contributed by atoms with van der Waals surface area (Å²) >= 11 is 13.7. The van der Waals surface area contributed by atoms with Crippen LogP contribution in [0.4, 0.5) is 0 Å². The monoisotopic (exact) mass is 302 g/mol. The van der Waals surface area contributed by atoms with Crippen molar-refractivity contribution in [2.45, 2.75) is 19.4 Å². The molecule has 0 spiro atoms. The van der Waals surface area contributed by atoms with Gasteiger partial charge in [0.2, 0.25) is 0 Å². The van der Waals surface area contributed by atoms with Crippen molar-refractivity contribution in [1.29, 1.82) is 0 Å². The van der Waals surface area contributed by atoms with Crippen LogP contribution in [0.5, 0.6) is 0 Å². The third-order valence-corrected chi connectivity index (χ3v) is 3.96. The van der Waals surface area contributed by atoms with E-state index in [2.05, 4.69) is 15.8 Å². The molecule has 0 aliphatic carbocycles. The van der Waals surface area contributed by atoms with Crippen molar-refractivity contribution in [2.24, 2.45) is 0 Å². The first kappa shape index (κ1) is 14.0. The Kier molecular flexibility index (Phi) is 5.22. The van der Waals surface area contributed by atoms with E-state index >= 15 is 0 Å². The average molecular weight is 303 g/mol. The zero-order valence-electron chi connectivity index (χ0n) is 10.3. The standard InChI is InChI=1S/C13H16Cl2N2S/c1-18-8-2-7-17-12-4-3-10(15)9-11(12)16-13(17)5-6-14/h3-4,9H,2,5-8H2,1H3. The van der Waals surface area contributed by atoms with Crippen molar-refractivity contribution in [2.75, 3.05) is 17.9 Å². The molecule has 0 saturated heterocycles. The van der Waals surface area contributed by atoms with Gasteiger partial charge >= 0.3 is 0 Å². The van der Waals surface area contributed by atoms with Gasteiger partial charge in [-0.25, -0.2) is 4.98 Å². The minimum absolute atomic E-state index is 0.597. The lowest BCUT2D eigenvalue weighted by atomic mass is 10.3. The molecule has 0 N–H and O–H groups in total. The molecule has 1 aromatic heterocycles. The fraction of sp³-hybridized carbons (Fsp3) is 0.462. The fourth-order valence-corrected chi connectivity index (χ4v) is 2.80. The molecule has 0 radical (unpaired) electrons. The van der Waals surface area contributed by atoms with Crippen LogP contribution in [-0.2, 0) is 13.0 Å². The lowest BCUT2D eigenvalue weighted by Gasteiger charge is -2.07. The Hall–Kier alpha value is -0.380. The van der Waals surface area contributed by atoms with Gasteiger partial charge in [0.05, 0.1) is 11.0 Å². The fourth-order valence-electron chi connectivity index (χ4n) is 2.04. The number of benzene rings is 1. The molecular weight excluding hydrogens is 287 g/mol. The second kappa shape index (κ2) is 6.69. The number of alkyl halides is 1. The minimum Gasteiger partial charge on any atom is -0.328 e. The van der Waals surface area contributed by atoms with Gasteiger partial charge in [0.25, 0.3) is 0 Å². The molecule has 98 valence electrons. The number of halogens is 2. The van der Waals surface area contributed by atoms with Gasteiger partial charge in [-0.2, -0.15) is 11.8 Å². The predicted molar refractivity (Wildman–Crippen MR) is 82.2 cm³/mol. The predicted octanol–water partition coefficient (Wildman–Crippen LogP) is 4.22. The minimum atomic E-state index is 0.597. The van der Waals surface area contributed by atoms with Gasteiger partial charge in [0.1, 0.15) is 5.82 Å². The van der Waals surface area contributed by atoms with Crippen molar-refractivity contribution < 1.29 is 0 Å². The van der Waals surface area contributed by atoms with Crippen LogP contribution in [0.1, 0.15) is 12.2 Å². The quantitative estimate of drug-likeness (QED) is 0.587. The molecule has 0 saturated carbocycles. The zero-order valence-corrected chi connectivity index (χ0v) is 12.7. The number of hydrogen-bond donors (Lipinski definition) is 0. The Balaban J connectivity index is 2.35. The maximum Gasteiger partial charge on any atom is 0.111 e. The van der Waals surface area contributed by atoms with E-state index in [0.29, 0.717) is 5.88 Å². The Morgan fingerprint density at radius 1 is 1.39 bits per heavy atom. The van der Waals surface area contributed by atoms with Gasteiger partial charge in [-0.05, 0) is 36.6 Å². The molecule has 1 aromatic carbocycles. The summed E-state index contributed by atoms with van der Waals surface area (Å²) in [5, 5.41) is 0.730. The number of rotatable bonds is 6. The van der Waals surface area contributed by atoms with Crippen molar-refractivity contribution in [3.63, 3.8) is 0 Å². The Morgan fingerprint density at radius 3 is 2.94 bits per heavy atom. The van der Waals surface area contributed by atoms with Crippen LogP contribution in [0, 0.1) is 0 Å². The number of aromatic nitrogens is 2. The molecule has 2 aromatic rings. The lowest BCUT2D eigenvalue weighted by molar-refractivity contribution is 0.665. The van der Waals surface area contributed by atoms with E-state index in [0.717, 1.165) is 47.0 Å². The average Bonchev–Trinajstić information content (AvgIpc) is 2.67. The molecule has 0 aliphatic heterocycles. The second-order valence-electron chi connectivity index (χ2n) is 4.10. The van der Waals surface area contributed by atoms with Crippen LogP contribution in [0.2, 0.25) is 5.02 Å². The highest BCUT2D eigenvalue weighted by Crippen LogP contribution is 2.21. The molecule has 2 rings (SSSR count). The lowest BCUT2D eigenvalue weighted by Crippen LogP contribution is -2.05. The van der Waals surface area contributed by atoms with Gasteiger partial charge in [0, 0.05) is 23.9 Å². The number of fused-ring (bicyclic) bond motifs is 1. The van der Waals surface area contributed by atoms with E-state index in [1.54, 1.807) is 0 Å². The summed E-state index contributed by atoms with van der Waals surface area (Å²) in [5.41, 5.74) is 2.12. The van der Waals surface area contributed by atoms with E-state index in [1.165, 1.54) is 0 Å². The summed E-state index contributed by atoms with van der Waals surface area (Å²) < 4.78 is 2.27. The van der Waals surface area contributed by atoms with Crippen molar-refractivity contribution >= 4 is 46.0 Å². The van der Waals surface area contributed by atoms with Gasteiger partial charge in [0.15, 0.2) is 0 Å². The van der Waals surface area contributed by atoms with Crippen LogP contribution in [0.25, 0.3) is 11.0 Å². The molecule has 1 heterocycles. The van der Waals surface area contributed by atoms with Crippen LogP contribution in [0.15, 0.2) is 18.2 Å². The summed E-state index contributed by atoms with van der Waals surface area (Å²) in [6, 6.07) is 5.88. The number of nitrogens with zero attached hydrogens (tertiary/aromatic N) is 2. The highest BCUT2D eigenvalue weighted by molar-refractivity contribution is 7.98. The second-order valence-corrected chi connectivity index (χ2v) is 5.90. The molecule has 0 bridgehead atoms. The SMILES string of the molecule is CSCCCn1c(CCCl)nc2cc(Cl)ccc21. The van der Waals surface area contributed by atoms with Crippen molar-refractivity contribution in [1.82, 2.24) is 9.55 Å². The number of aryl methyl sites for hydroxylation is 2. The maximum atomic E-state index is 6.01. The van der Waals surface area contributed by atoms with Crippen LogP contribution >= 0.6 is 35.0 Å². The molecular formula is C13H16Cl2N2S. The molecule has 2 nitrogen and oxygen atoms in total. The first-order valence-corrected chi connectivity index (χ1v) is 8.26. The zero-order chi connectivity index (χ0) is 13.0. The molecule has 18 heavy (non-hydrogen) atoms. The van der Waals surface area contributed by atoms with Gasteiger partial charge in [-0.3, -0.25) is 0 Å². The third kappa shape index (κ3) is 3.14. The Morgan fingerprint density at radius 2 is 2.22 bits per heavy atom. The molecule has 0 aliphatic rings. The highest BCUT2D eigenvalue weighted by atomic mass is 35.5. The molecule has 0 atom stereocenters. The summed E-state index contributed by atoms with van der Waals surface area (Å²) in [4.78, 5) is 4.63. The largest absolute Gasteiger partial charge is 0.328 e. The number of hydrogen-bond acceptors (Lipinski definition) is 2. The van der Waals surface area contributed by atoms with E-state index in [1.807, 2.05) is 30.0 Å². The highest BCUT2D eigenvalue weighted by Gasteiger charge is 2.10. The number of thioether (sulfide) groups is 1. The van der Waals surface area contributed by atoms with Gasteiger partial charge in [-0.1, -0.05) is 11.6 Å². The first-order valence-electron chi connectivity index (χ1n) is 5.96. The smallest absolute Gasteiger partial charge is 0.111 e. The third-order valence-electron chi connectivity index (χ3n) is 2.84. The number of imidazole rings is 1. The van der Waals surface area contributed by atoms with Crippen LogP contribution in [-0.4, -0.2) is 27.4 Å². The molecule has 0 fully saturated rings. The summed E-state index contributed by atoms with van der Waals surface area (Å²) in [5.74, 6) is 2.82. The van der Waals surface area contributed by atoms with Crippen molar-refractivity contribution in [3.05, 3.63) is 29.0 Å². The van der Waals surface area contributed by atoms with Crippen LogP contribution in [0.3, 0.4) is 0 Å². The van der Waals surface area contributed by atoms with Gasteiger partial charge in [-0.15, -0.1) is 11.6 Å². The van der Waals surface area contributed by atoms with E-state index < -0.39 is 0 Å². The summed E-state index contributed by atoms with van der Waals surface area (Å²) in [6.45, 7) is 0.991. The molecule has 0 unspecified atom stereocenters.